The van der Waals surface area contributed by atoms with E-state index in [9.17, 15) is 10.1 Å². The predicted molar refractivity (Wildman–Crippen MR) is 54.1 cm³/mol. The smallest absolute Gasteiger partial charge is 0.287 e. The molecular weight excluding hydrogens is 198 g/mol. The fourth-order valence-electron chi connectivity index (χ4n) is 1.18. The topological polar surface area (TPSA) is 91.3 Å². The minimum Gasteiger partial charge on any atom is -0.304 e. The molecule has 15 heavy (non-hydrogen) atoms. The Labute approximate surface area is 87.2 Å². The van der Waals surface area contributed by atoms with Crippen molar-refractivity contribution in [3.8, 4) is 0 Å². The normalized spacial score (nSPS) is 11.4. The summed E-state index contributed by atoms with van der Waals surface area (Å²) >= 11 is 0. The second-order valence-electron chi connectivity index (χ2n) is 3.85. The summed E-state index contributed by atoms with van der Waals surface area (Å²) in [4.78, 5) is 18.5. The quantitative estimate of drug-likeness (QED) is 0.596. The standard InChI is InChI=1S/C9H13N3O3/c1-9(2,6-15-10)8-4-3-7(5-11-8)12(13)14/h3-5H,6,10H2,1-2H3. The van der Waals surface area contributed by atoms with Gasteiger partial charge in [0.15, 0.2) is 0 Å². The maximum absolute atomic E-state index is 10.4. The Bertz CT molecular complexity index is 348. The molecule has 0 aliphatic carbocycles. The van der Waals surface area contributed by atoms with Crippen LogP contribution in [-0.4, -0.2) is 16.5 Å². The number of aromatic nitrogens is 1. The van der Waals surface area contributed by atoms with Crippen LogP contribution in [0.3, 0.4) is 0 Å². The van der Waals surface area contributed by atoms with Crippen LogP contribution in [-0.2, 0) is 10.3 Å². The third-order valence-electron chi connectivity index (χ3n) is 2.10. The minimum atomic E-state index is -0.483. The molecule has 1 rings (SSSR count). The second-order valence-corrected chi connectivity index (χ2v) is 3.85. The van der Waals surface area contributed by atoms with E-state index < -0.39 is 4.92 Å². The lowest BCUT2D eigenvalue weighted by Crippen LogP contribution is -2.27. The van der Waals surface area contributed by atoms with Gasteiger partial charge in [-0.2, -0.15) is 0 Å². The van der Waals surface area contributed by atoms with E-state index in [0.717, 1.165) is 0 Å². The summed E-state index contributed by atoms with van der Waals surface area (Å²) < 4.78 is 0. The Balaban J connectivity index is 2.93. The van der Waals surface area contributed by atoms with Gasteiger partial charge in [-0.25, -0.2) is 5.90 Å². The summed E-state index contributed by atoms with van der Waals surface area (Å²) in [5.74, 6) is 4.99. The van der Waals surface area contributed by atoms with Crippen LogP contribution in [0.5, 0.6) is 0 Å². The van der Waals surface area contributed by atoms with Gasteiger partial charge in [-0.05, 0) is 6.07 Å². The molecule has 6 nitrogen and oxygen atoms in total. The third kappa shape index (κ3) is 2.71. The van der Waals surface area contributed by atoms with Gasteiger partial charge in [0.1, 0.15) is 6.20 Å². The van der Waals surface area contributed by atoms with Crippen molar-refractivity contribution in [2.45, 2.75) is 19.3 Å². The van der Waals surface area contributed by atoms with Crippen molar-refractivity contribution < 1.29 is 9.76 Å². The molecule has 1 aromatic rings. The average molecular weight is 211 g/mol. The SMILES string of the molecule is CC(C)(CON)c1ccc([N+](=O)[O-])cn1. The van der Waals surface area contributed by atoms with Gasteiger partial charge in [-0.15, -0.1) is 0 Å². The second kappa shape index (κ2) is 4.33. The van der Waals surface area contributed by atoms with E-state index in [1.807, 2.05) is 13.8 Å². The van der Waals surface area contributed by atoms with Gasteiger partial charge in [-0.3, -0.25) is 15.1 Å². The number of nitrogens with two attached hydrogens (primary N) is 1. The van der Waals surface area contributed by atoms with Crippen molar-refractivity contribution in [1.29, 1.82) is 0 Å². The van der Waals surface area contributed by atoms with Gasteiger partial charge in [0.2, 0.25) is 0 Å². The summed E-state index contributed by atoms with van der Waals surface area (Å²) in [6, 6.07) is 3.03. The highest BCUT2D eigenvalue weighted by molar-refractivity contribution is 5.29. The molecule has 0 atom stereocenters. The molecule has 0 aliphatic rings. The van der Waals surface area contributed by atoms with Gasteiger partial charge in [0, 0.05) is 17.2 Å². The van der Waals surface area contributed by atoms with E-state index >= 15 is 0 Å². The summed E-state index contributed by atoms with van der Waals surface area (Å²) in [5, 5.41) is 10.4. The maximum Gasteiger partial charge on any atom is 0.287 e. The Morgan fingerprint density at radius 3 is 2.67 bits per heavy atom. The number of nitrogens with zero attached hydrogens (tertiary/aromatic N) is 2. The molecule has 0 aromatic carbocycles. The zero-order chi connectivity index (χ0) is 11.5. The van der Waals surface area contributed by atoms with Crippen molar-refractivity contribution in [1.82, 2.24) is 4.98 Å². The van der Waals surface area contributed by atoms with Crippen LogP contribution in [0, 0.1) is 10.1 Å². The van der Waals surface area contributed by atoms with Crippen LogP contribution in [0.1, 0.15) is 19.5 Å². The molecule has 0 aliphatic heterocycles. The van der Waals surface area contributed by atoms with E-state index in [1.165, 1.54) is 12.3 Å². The number of pyridine rings is 1. The molecule has 0 radical (unpaired) electrons. The number of nitro groups is 1. The molecule has 82 valence electrons. The Morgan fingerprint density at radius 2 is 2.27 bits per heavy atom. The van der Waals surface area contributed by atoms with Crippen molar-refractivity contribution in [2.24, 2.45) is 5.90 Å². The number of hydrogen-bond acceptors (Lipinski definition) is 5. The lowest BCUT2D eigenvalue weighted by atomic mass is 9.90. The molecule has 2 N–H and O–H groups in total. The van der Waals surface area contributed by atoms with Crippen molar-refractivity contribution in [2.75, 3.05) is 6.61 Å². The van der Waals surface area contributed by atoms with Crippen LogP contribution in [0.4, 0.5) is 5.69 Å². The highest BCUT2D eigenvalue weighted by Crippen LogP contribution is 2.22. The van der Waals surface area contributed by atoms with E-state index in [-0.39, 0.29) is 11.1 Å². The molecule has 6 heteroatoms. The van der Waals surface area contributed by atoms with E-state index in [0.29, 0.717) is 12.3 Å². The third-order valence-corrected chi connectivity index (χ3v) is 2.10. The molecule has 0 bridgehead atoms. The lowest BCUT2D eigenvalue weighted by Gasteiger charge is -2.21. The molecule has 0 saturated carbocycles. The Kier molecular flexibility index (Phi) is 3.33. The maximum atomic E-state index is 10.4. The highest BCUT2D eigenvalue weighted by Gasteiger charge is 2.23. The first-order valence-corrected chi connectivity index (χ1v) is 4.40. The largest absolute Gasteiger partial charge is 0.304 e. The van der Waals surface area contributed by atoms with E-state index in [4.69, 9.17) is 5.90 Å². The van der Waals surface area contributed by atoms with Crippen LogP contribution >= 0.6 is 0 Å². The van der Waals surface area contributed by atoms with Crippen LogP contribution in [0.15, 0.2) is 18.3 Å². The zero-order valence-electron chi connectivity index (χ0n) is 8.64. The van der Waals surface area contributed by atoms with Crippen molar-refractivity contribution in [3.05, 3.63) is 34.1 Å². The first kappa shape index (κ1) is 11.5. The summed E-state index contributed by atoms with van der Waals surface area (Å²) in [5.41, 5.74) is 0.325. The van der Waals surface area contributed by atoms with Crippen molar-refractivity contribution in [3.63, 3.8) is 0 Å². The van der Waals surface area contributed by atoms with Crippen LogP contribution in [0.2, 0.25) is 0 Å². The van der Waals surface area contributed by atoms with E-state index in [2.05, 4.69) is 9.82 Å². The molecule has 0 unspecified atom stereocenters. The molecule has 0 amide bonds. The van der Waals surface area contributed by atoms with E-state index in [1.54, 1.807) is 6.07 Å². The highest BCUT2D eigenvalue weighted by atomic mass is 16.6. The Hall–Kier alpha value is -1.53. The number of rotatable bonds is 4. The molecule has 0 spiro atoms. The van der Waals surface area contributed by atoms with Gasteiger partial charge in [0.05, 0.1) is 11.5 Å². The predicted octanol–water partition coefficient (Wildman–Crippen LogP) is 1.16. The first-order chi connectivity index (χ1) is 6.97. The summed E-state index contributed by atoms with van der Waals surface area (Å²) in [6.07, 6.45) is 1.23. The summed E-state index contributed by atoms with van der Waals surface area (Å²) in [6.45, 7) is 4.10. The summed E-state index contributed by atoms with van der Waals surface area (Å²) in [7, 11) is 0. The number of hydrogen-bond donors (Lipinski definition) is 1. The molecule has 0 saturated heterocycles. The molecule has 1 aromatic heterocycles. The van der Waals surface area contributed by atoms with Crippen LogP contribution in [0.25, 0.3) is 0 Å². The Morgan fingerprint density at radius 1 is 1.60 bits per heavy atom. The van der Waals surface area contributed by atoms with Gasteiger partial charge in [-0.1, -0.05) is 13.8 Å². The molecule has 1 heterocycles. The first-order valence-electron chi connectivity index (χ1n) is 4.40. The average Bonchev–Trinajstić information content (AvgIpc) is 2.18. The fourth-order valence-corrected chi connectivity index (χ4v) is 1.18. The van der Waals surface area contributed by atoms with Gasteiger partial charge in [0.25, 0.3) is 5.69 Å². The minimum absolute atomic E-state index is 0.0248. The monoisotopic (exact) mass is 211 g/mol. The molecule has 0 fully saturated rings. The molecular formula is C9H13N3O3. The van der Waals surface area contributed by atoms with Gasteiger partial charge < -0.3 is 4.84 Å². The zero-order valence-corrected chi connectivity index (χ0v) is 8.64. The van der Waals surface area contributed by atoms with Crippen molar-refractivity contribution >= 4 is 5.69 Å². The van der Waals surface area contributed by atoms with Crippen LogP contribution < -0.4 is 5.90 Å². The fraction of sp³-hybridized carbons (Fsp3) is 0.444. The van der Waals surface area contributed by atoms with Gasteiger partial charge >= 0.3 is 0 Å². The lowest BCUT2D eigenvalue weighted by molar-refractivity contribution is -0.385.